The maximum atomic E-state index is 11.6. The van der Waals surface area contributed by atoms with Crippen molar-refractivity contribution in [3.8, 4) is 0 Å². The molecule has 0 unspecified atom stereocenters. The van der Waals surface area contributed by atoms with Crippen molar-refractivity contribution in [3.63, 3.8) is 0 Å². The second-order valence-electron chi connectivity index (χ2n) is 3.17. The zero-order valence-electron chi connectivity index (χ0n) is 8.65. The van der Waals surface area contributed by atoms with Crippen molar-refractivity contribution in [3.05, 3.63) is 0 Å². The minimum absolute atomic E-state index is 0.107. The van der Waals surface area contributed by atoms with E-state index in [1.807, 2.05) is 6.92 Å². The van der Waals surface area contributed by atoms with E-state index in [1.165, 1.54) is 4.90 Å². The molecule has 5 nitrogen and oxygen atoms in total. The van der Waals surface area contributed by atoms with Crippen molar-refractivity contribution < 1.29 is 15.0 Å². The summed E-state index contributed by atoms with van der Waals surface area (Å²) in [5, 5.41) is 17.4. The third-order valence-corrected chi connectivity index (χ3v) is 1.97. The van der Waals surface area contributed by atoms with Gasteiger partial charge in [0.05, 0.1) is 19.3 Å². The van der Waals surface area contributed by atoms with Crippen LogP contribution in [0.3, 0.4) is 0 Å². The van der Waals surface area contributed by atoms with E-state index in [9.17, 15) is 4.79 Å². The summed E-state index contributed by atoms with van der Waals surface area (Å²) >= 11 is 0. The van der Waals surface area contributed by atoms with Crippen molar-refractivity contribution in [1.82, 2.24) is 4.90 Å². The summed E-state index contributed by atoms with van der Waals surface area (Å²) in [4.78, 5) is 13.0. The molecule has 0 saturated carbocycles. The largest absolute Gasteiger partial charge is 0.395 e. The van der Waals surface area contributed by atoms with Gasteiger partial charge in [-0.25, -0.2) is 0 Å². The molecule has 0 bridgehead atoms. The van der Waals surface area contributed by atoms with Crippen LogP contribution in [-0.2, 0) is 4.79 Å². The van der Waals surface area contributed by atoms with E-state index in [2.05, 4.69) is 0 Å². The Labute approximate surface area is 84.5 Å². The fraction of sp³-hybridized carbons (Fsp3) is 0.889. The lowest BCUT2D eigenvalue weighted by Crippen LogP contribution is -2.46. The SMILES string of the molecule is CCC[C@@H](N)C(=O)N(CCO)CCO. The van der Waals surface area contributed by atoms with Crippen molar-refractivity contribution in [2.45, 2.75) is 25.8 Å². The highest BCUT2D eigenvalue weighted by atomic mass is 16.3. The molecule has 0 fully saturated rings. The summed E-state index contributed by atoms with van der Waals surface area (Å²) in [5.74, 6) is -0.199. The summed E-state index contributed by atoms with van der Waals surface area (Å²) in [6.45, 7) is 2.21. The van der Waals surface area contributed by atoms with E-state index < -0.39 is 6.04 Å². The van der Waals surface area contributed by atoms with Crippen molar-refractivity contribution in [2.24, 2.45) is 5.73 Å². The highest BCUT2D eigenvalue weighted by molar-refractivity contribution is 5.81. The van der Waals surface area contributed by atoms with Crippen LogP contribution in [0.1, 0.15) is 19.8 Å². The third-order valence-electron chi connectivity index (χ3n) is 1.97. The van der Waals surface area contributed by atoms with Gasteiger partial charge in [-0.15, -0.1) is 0 Å². The van der Waals surface area contributed by atoms with E-state index in [-0.39, 0.29) is 32.2 Å². The summed E-state index contributed by atoms with van der Waals surface area (Å²) in [7, 11) is 0. The summed E-state index contributed by atoms with van der Waals surface area (Å²) in [5.41, 5.74) is 5.63. The minimum Gasteiger partial charge on any atom is -0.395 e. The molecule has 0 aliphatic rings. The number of carbonyl (C=O) groups is 1. The number of rotatable bonds is 7. The van der Waals surface area contributed by atoms with Crippen molar-refractivity contribution in [2.75, 3.05) is 26.3 Å². The summed E-state index contributed by atoms with van der Waals surface area (Å²) < 4.78 is 0. The van der Waals surface area contributed by atoms with Crippen LogP contribution < -0.4 is 5.73 Å². The lowest BCUT2D eigenvalue weighted by Gasteiger charge is -2.23. The fourth-order valence-corrected chi connectivity index (χ4v) is 1.24. The zero-order chi connectivity index (χ0) is 11.0. The lowest BCUT2D eigenvalue weighted by atomic mass is 10.1. The maximum absolute atomic E-state index is 11.6. The van der Waals surface area contributed by atoms with E-state index in [0.29, 0.717) is 6.42 Å². The van der Waals surface area contributed by atoms with Gasteiger partial charge in [0.2, 0.25) is 5.91 Å². The first-order valence-corrected chi connectivity index (χ1v) is 4.93. The molecule has 0 heterocycles. The zero-order valence-corrected chi connectivity index (χ0v) is 8.65. The van der Waals surface area contributed by atoms with Crippen LogP contribution >= 0.6 is 0 Å². The maximum Gasteiger partial charge on any atom is 0.239 e. The van der Waals surface area contributed by atoms with Gasteiger partial charge in [-0.2, -0.15) is 0 Å². The Balaban J connectivity index is 4.11. The number of amides is 1. The van der Waals surface area contributed by atoms with E-state index in [1.54, 1.807) is 0 Å². The Hall–Kier alpha value is -0.650. The molecule has 0 aliphatic carbocycles. The quantitative estimate of drug-likeness (QED) is 0.492. The van der Waals surface area contributed by atoms with Crippen molar-refractivity contribution >= 4 is 5.91 Å². The van der Waals surface area contributed by atoms with Crippen LogP contribution in [0.15, 0.2) is 0 Å². The first-order valence-electron chi connectivity index (χ1n) is 4.93. The number of aliphatic hydroxyl groups excluding tert-OH is 2. The number of hydrogen-bond acceptors (Lipinski definition) is 4. The molecular weight excluding hydrogens is 184 g/mol. The van der Waals surface area contributed by atoms with Crippen molar-refractivity contribution in [1.29, 1.82) is 0 Å². The standard InChI is InChI=1S/C9H20N2O3/c1-2-3-8(10)9(14)11(4-6-12)5-7-13/h8,12-13H,2-7,10H2,1H3/t8-/m1/s1. The van der Waals surface area contributed by atoms with E-state index >= 15 is 0 Å². The smallest absolute Gasteiger partial charge is 0.239 e. The molecule has 0 rings (SSSR count). The Bertz CT molecular complexity index is 158. The van der Waals surface area contributed by atoms with Crippen LogP contribution in [0.25, 0.3) is 0 Å². The number of hydrogen-bond donors (Lipinski definition) is 3. The van der Waals surface area contributed by atoms with Gasteiger partial charge in [-0.3, -0.25) is 4.79 Å². The molecule has 1 amide bonds. The second kappa shape index (κ2) is 7.73. The number of carbonyl (C=O) groups excluding carboxylic acids is 1. The second-order valence-corrected chi connectivity index (χ2v) is 3.17. The summed E-state index contributed by atoms with van der Waals surface area (Å²) in [6.07, 6.45) is 1.48. The number of nitrogens with zero attached hydrogens (tertiary/aromatic N) is 1. The monoisotopic (exact) mass is 204 g/mol. The molecule has 0 saturated heterocycles. The Morgan fingerprint density at radius 1 is 1.36 bits per heavy atom. The molecule has 1 atom stereocenters. The normalized spacial score (nSPS) is 12.6. The highest BCUT2D eigenvalue weighted by Gasteiger charge is 2.18. The van der Waals surface area contributed by atoms with Crippen LogP contribution in [0.5, 0.6) is 0 Å². The van der Waals surface area contributed by atoms with Crippen LogP contribution in [0.4, 0.5) is 0 Å². The minimum atomic E-state index is -0.516. The first kappa shape index (κ1) is 13.4. The van der Waals surface area contributed by atoms with Crippen LogP contribution in [0.2, 0.25) is 0 Å². The Morgan fingerprint density at radius 2 is 1.86 bits per heavy atom. The van der Waals surface area contributed by atoms with Gasteiger partial charge in [0.15, 0.2) is 0 Å². The molecule has 5 heteroatoms. The first-order chi connectivity index (χ1) is 6.67. The average molecular weight is 204 g/mol. The van der Waals surface area contributed by atoms with E-state index in [4.69, 9.17) is 15.9 Å². The predicted octanol–water partition coefficient (Wildman–Crippen LogP) is -1.07. The molecule has 0 aromatic rings. The van der Waals surface area contributed by atoms with Gasteiger partial charge in [0.25, 0.3) is 0 Å². The van der Waals surface area contributed by atoms with Crippen LogP contribution in [0, 0.1) is 0 Å². The Morgan fingerprint density at radius 3 is 2.21 bits per heavy atom. The van der Waals surface area contributed by atoms with Crippen LogP contribution in [-0.4, -0.2) is 53.4 Å². The van der Waals surface area contributed by atoms with Gasteiger partial charge in [-0.1, -0.05) is 13.3 Å². The van der Waals surface area contributed by atoms with Gasteiger partial charge in [-0.05, 0) is 6.42 Å². The molecular formula is C9H20N2O3. The van der Waals surface area contributed by atoms with Gasteiger partial charge in [0.1, 0.15) is 0 Å². The molecule has 0 aromatic carbocycles. The van der Waals surface area contributed by atoms with E-state index in [0.717, 1.165) is 6.42 Å². The molecule has 0 spiro atoms. The van der Waals surface area contributed by atoms with Gasteiger partial charge in [0, 0.05) is 13.1 Å². The third kappa shape index (κ3) is 4.55. The molecule has 0 aromatic heterocycles. The topological polar surface area (TPSA) is 86.8 Å². The number of nitrogens with two attached hydrogens (primary N) is 1. The van der Waals surface area contributed by atoms with Gasteiger partial charge < -0.3 is 20.8 Å². The number of aliphatic hydroxyl groups is 2. The molecule has 0 radical (unpaired) electrons. The summed E-state index contributed by atoms with van der Waals surface area (Å²) in [6, 6.07) is -0.516. The Kier molecular flexibility index (Phi) is 7.37. The molecule has 0 aliphatic heterocycles. The van der Waals surface area contributed by atoms with Gasteiger partial charge >= 0.3 is 0 Å². The average Bonchev–Trinajstić information content (AvgIpc) is 2.17. The fourth-order valence-electron chi connectivity index (χ4n) is 1.24. The predicted molar refractivity (Wildman–Crippen MR) is 53.6 cm³/mol. The molecule has 14 heavy (non-hydrogen) atoms. The highest BCUT2D eigenvalue weighted by Crippen LogP contribution is 1.99. The lowest BCUT2D eigenvalue weighted by molar-refractivity contribution is -0.133. The molecule has 4 N–H and O–H groups in total. The molecule has 84 valence electrons.